The first-order valence-electron chi connectivity index (χ1n) is 8.67. The Balaban J connectivity index is 1.87. The van der Waals surface area contributed by atoms with E-state index in [0.717, 1.165) is 12.0 Å². The van der Waals surface area contributed by atoms with Crippen LogP contribution in [0.15, 0.2) is 30.4 Å². The zero-order chi connectivity index (χ0) is 19.5. The van der Waals surface area contributed by atoms with Gasteiger partial charge >= 0.3 is 6.09 Å². The van der Waals surface area contributed by atoms with E-state index >= 15 is 0 Å². The molecule has 0 unspecified atom stereocenters. The van der Waals surface area contributed by atoms with Gasteiger partial charge in [-0.05, 0) is 70.4 Å². The van der Waals surface area contributed by atoms with Crippen molar-refractivity contribution in [2.45, 2.75) is 52.2 Å². The summed E-state index contributed by atoms with van der Waals surface area (Å²) >= 11 is 0. The largest absolute Gasteiger partial charge is 0.489 e. The number of nitrogens with one attached hydrogen (secondary N) is 2. The molecule has 2 rings (SSSR count). The summed E-state index contributed by atoms with van der Waals surface area (Å²) in [5.41, 5.74) is 1.55. The van der Waals surface area contributed by atoms with E-state index in [4.69, 9.17) is 9.47 Å². The molecule has 1 aliphatic rings. The van der Waals surface area contributed by atoms with Gasteiger partial charge in [0.1, 0.15) is 18.0 Å². The van der Waals surface area contributed by atoms with Crippen LogP contribution < -0.4 is 15.4 Å². The van der Waals surface area contributed by atoms with E-state index in [2.05, 4.69) is 17.2 Å². The molecule has 0 fully saturated rings. The summed E-state index contributed by atoms with van der Waals surface area (Å²) in [6.07, 6.45) is 0.257. The Morgan fingerprint density at radius 1 is 1.35 bits per heavy atom. The van der Waals surface area contributed by atoms with Crippen molar-refractivity contribution in [2.75, 3.05) is 13.2 Å². The lowest BCUT2D eigenvalue weighted by Gasteiger charge is -2.32. The van der Waals surface area contributed by atoms with Gasteiger partial charge < -0.3 is 20.1 Å². The number of hydrogen-bond donors (Lipinski definition) is 2. The average Bonchev–Trinajstić information content (AvgIpc) is 2.47. The van der Waals surface area contributed by atoms with Gasteiger partial charge in [-0.2, -0.15) is 0 Å². The third kappa shape index (κ3) is 5.79. The fraction of sp³-hybridized carbons (Fsp3) is 0.500. The molecule has 2 amide bonds. The summed E-state index contributed by atoms with van der Waals surface area (Å²) in [5.74, 6) is 0.612. The first-order valence-corrected chi connectivity index (χ1v) is 8.67. The average molecular weight is 360 g/mol. The minimum Gasteiger partial charge on any atom is -0.489 e. The van der Waals surface area contributed by atoms with E-state index in [1.165, 1.54) is 0 Å². The maximum absolute atomic E-state index is 12.1. The Kier molecular flexibility index (Phi) is 5.64. The van der Waals surface area contributed by atoms with Crippen LogP contribution in [0.25, 0.3) is 0 Å². The van der Waals surface area contributed by atoms with E-state index < -0.39 is 11.7 Å². The van der Waals surface area contributed by atoms with Gasteiger partial charge in [0, 0.05) is 17.6 Å². The minimum absolute atomic E-state index is 0.0613. The number of amides is 2. The molecule has 1 aromatic carbocycles. The zero-order valence-corrected chi connectivity index (χ0v) is 16.2. The molecule has 2 N–H and O–H groups in total. The Morgan fingerprint density at radius 3 is 2.69 bits per heavy atom. The highest BCUT2D eigenvalue weighted by molar-refractivity contribution is 5.97. The van der Waals surface area contributed by atoms with Gasteiger partial charge in [-0.3, -0.25) is 4.79 Å². The molecule has 142 valence electrons. The van der Waals surface area contributed by atoms with Crippen LogP contribution in [-0.2, 0) is 11.2 Å². The molecule has 0 radical (unpaired) electrons. The highest BCUT2D eigenvalue weighted by Gasteiger charge is 2.29. The topological polar surface area (TPSA) is 76.7 Å². The maximum Gasteiger partial charge on any atom is 0.407 e. The molecule has 1 aromatic rings. The van der Waals surface area contributed by atoms with Crippen molar-refractivity contribution in [1.82, 2.24) is 10.6 Å². The standard InChI is InChI=1S/C20H28N2O4/c1-13(11-21-18(24)26-19(2,3)4)12-25-15-7-8-16-14(9-15)10-20(5,6)22-17(16)23/h7-9H,1,10-12H2,2-6H3,(H,21,24)(H,22,23). The molecule has 1 aliphatic heterocycles. The van der Waals surface area contributed by atoms with Crippen molar-refractivity contribution in [3.63, 3.8) is 0 Å². The number of carbonyl (C=O) groups excluding carboxylic acids is 2. The van der Waals surface area contributed by atoms with Crippen LogP contribution in [0.5, 0.6) is 5.75 Å². The normalized spacial score (nSPS) is 15.5. The van der Waals surface area contributed by atoms with Crippen molar-refractivity contribution in [3.05, 3.63) is 41.5 Å². The first kappa shape index (κ1) is 19.8. The zero-order valence-electron chi connectivity index (χ0n) is 16.2. The van der Waals surface area contributed by atoms with E-state index in [-0.39, 0.29) is 24.6 Å². The minimum atomic E-state index is -0.537. The van der Waals surface area contributed by atoms with Crippen LogP contribution in [0.1, 0.15) is 50.5 Å². The first-order chi connectivity index (χ1) is 12.0. The van der Waals surface area contributed by atoms with Gasteiger partial charge in [-0.25, -0.2) is 4.79 Å². The summed E-state index contributed by atoms with van der Waals surface area (Å²) in [6, 6.07) is 5.44. The van der Waals surface area contributed by atoms with Crippen molar-refractivity contribution in [1.29, 1.82) is 0 Å². The molecular formula is C20H28N2O4. The second-order valence-corrected chi connectivity index (χ2v) is 8.23. The third-order valence-corrected chi connectivity index (χ3v) is 3.73. The summed E-state index contributed by atoms with van der Waals surface area (Å²) in [6.45, 7) is 13.8. The molecular weight excluding hydrogens is 332 g/mol. The molecule has 0 saturated carbocycles. The third-order valence-electron chi connectivity index (χ3n) is 3.73. The summed E-state index contributed by atoms with van der Waals surface area (Å²) in [4.78, 5) is 23.7. The second-order valence-electron chi connectivity index (χ2n) is 8.23. The fourth-order valence-corrected chi connectivity index (χ4v) is 2.67. The number of fused-ring (bicyclic) bond motifs is 1. The van der Waals surface area contributed by atoms with Crippen molar-refractivity contribution < 1.29 is 19.1 Å². The molecule has 0 spiro atoms. The second kappa shape index (κ2) is 7.40. The summed E-state index contributed by atoms with van der Waals surface area (Å²) in [7, 11) is 0. The predicted molar refractivity (Wildman–Crippen MR) is 101 cm³/mol. The van der Waals surface area contributed by atoms with Crippen LogP contribution in [-0.4, -0.2) is 36.3 Å². The van der Waals surface area contributed by atoms with Crippen LogP contribution in [0.4, 0.5) is 4.79 Å². The lowest BCUT2D eigenvalue weighted by Crippen LogP contribution is -2.49. The van der Waals surface area contributed by atoms with Crippen LogP contribution in [0.3, 0.4) is 0 Å². The number of hydrogen-bond acceptors (Lipinski definition) is 4. The molecule has 0 aliphatic carbocycles. The van der Waals surface area contributed by atoms with Crippen molar-refractivity contribution in [2.24, 2.45) is 0 Å². The number of carbonyl (C=O) groups is 2. The van der Waals surface area contributed by atoms with Gasteiger partial charge in [0.25, 0.3) is 5.91 Å². The number of ether oxygens (including phenoxy) is 2. The molecule has 6 heteroatoms. The number of benzene rings is 1. The summed E-state index contributed by atoms with van der Waals surface area (Å²) < 4.78 is 10.9. The van der Waals surface area contributed by atoms with E-state index in [9.17, 15) is 9.59 Å². The van der Waals surface area contributed by atoms with E-state index in [1.807, 2.05) is 40.7 Å². The quantitative estimate of drug-likeness (QED) is 0.791. The molecule has 0 aromatic heterocycles. The fourth-order valence-electron chi connectivity index (χ4n) is 2.67. The highest BCUT2D eigenvalue weighted by atomic mass is 16.6. The van der Waals surface area contributed by atoms with Gasteiger partial charge in [0.2, 0.25) is 0 Å². The lowest BCUT2D eigenvalue weighted by molar-refractivity contribution is 0.0531. The molecule has 0 saturated heterocycles. The summed E-state index contributed by atoms with van der Waals surface area (Å²) in [5, 5.41) is 5.63. The van der Waals surface area contributed by atoms with Gasteiger partial charge in [0.05, 0.1) is 0 Å². The molecule has 0 bridgehead atoms. The van der Waals surface area contributed by atoms with Crippen LogP contribution in [0.2, 0.25) is 0 Å². The smallest absolute Gasteiger partial charge is 0.407 e. The van der Waals surface area contributed by atoms with Gasteiger partial charge in [-0.1, -0.05) is 6.58 Å². The molecule has 1 heterocycles. The lowest BCUT2D eigenvalue weighted by atomic mass is 9.87. The van der Waals surface area contributed by atoms with Crippen molar-refractivity contribution in [3.8, 4) is 5.75 Å². The maximum atomic E-state index is 12.1. The van der Waals surface area contributed by atoms with E-state index in [0.29, 0.717) is 16.9 Å². The Hall–Kier alpha value is -2.50. The molecule has 26 heavy (non-hydrogen) atoms. The Bertz CT molecular complexity index is 717. The SMILES string of the molecule is C=C(CNC(=O)OC(C)(C)C)COc1ccc2c(c1)CC(C)(C)NC2=O. The van der Waals surface area contributed by atoms with Crippen molar-refractivity contribution >= 4 is 12.0 Å². The predicted octanol–water partition coefficient (Wildman–Crippen LogP) is 3.21. The Labute approximate surface area is 154 Å². The van der Waals surface area contributed by atoms with E-state index in [1.54, 1.807) is 12.1 Å². The number of rotatable bonds is 5. The number of alkyl carbamates (subject to hydrolysis) is 1. The molecule has 0 atom stereocenters. The van der Waals surface area contributed by atoms with Gasteiger partial charge in [0.15, 0.2) is 0 Å². The van der Waals surface area contributed by atoms with Crippen LogP contribution in [0, 0.1) is 0 Å². The van der Waals surface area contributed by atoms with Crippen LogP contribution >= 0.6 is 0 Å². The van der Waals surface area contributed by atoms with Gasteiger partial charge in [-0.15, -0.1) is 0 Å². The Morgan fingerprint density at radius 2 is 2.04 bits per heavy atom. The molecule has 6 nitrogen and oxygen atoms in total. The highest BCUT2D eigenvalue weighted by Crippen LogP contribution is 2.26. The monoisotopic (exact) mass is 360 g/mol.